The van der Waals surface area contributed by atoms with Crippen LogP contribution in [-0.2, 0) is 0 Å². The van der Waals surface area contributed by atoms with E-state index in [1.807, 2.05) is 0 Å². The minimum atomic E-state index is 0.881. The molecular weight excluding hydrogens is 250 g/mol. The zero-order chi connectivity index (χ0) is 11.1. The summed E-state index contributed by atoms with van der Waals surface area (Å²) in [6, 6.07) is 0. The molecule has 1 rings (SSSR count). The van der Waals surface area contributed by atoms with Gasteiger partial charge in [-0.2, -0.15) is 0 Å². The van der Waals surface area contributed by atoms with Crippen molar-refractivity contribution < 1.29 is 0 Å². The van der Waals surface area contributed by atoms with Gasteiger partial charge in [-0.15, -0.1) is 0 Å². The highest BCUT2D eigenvalue weighted by atomic mass is 79.9. The lowest BCUT2D eigenvalue weighted by molar-refractivity contribution is 0.163. The second kappa shape index (κ2) is 7.67. The molecule has 0 aromatic carbocycles. The van der Waals surface area contributed by atoms with Gasteiger partial charge in [0.2, 0.25) is 0 Å². The SMILES string of the molecule is CCC1CCCN(CCC(C)CCBr)C1. The van der Waals surface area contributed by atoms with Gasteiger partial charge in [0.1, 0.15) is 0 Å². The lowest BCUT2D eigenvalue weighted by Crippen LogP contribution is -2.36. The van der Waals surface area contributed by atoms with Crippen LogP contribution in [0.4, 0.5) is 0 Å². The minimum absolute atomic E-state index is 0.881. The molecule has 15 heavy (non-hydrogen) atoms. The topological polar surface area (TPSA) is 3.24 Å². The number of hydrogen-bond donors (Lipinski definition) is 0. The van der Waals surface area contributed by atoms with E-state index in [2.05, 4.69) is 34.7 Å². The van der Waals surface area contributed by atoms with Crippen LogP contribution in [0.5, 0.6) is 0 Å². The monoisotopic (exact) mass is 275 g/mol. The maximum Gasteiger partial charge on any atom is 0.00338 e. The summed E-state index contributed by atoms with van der Waals surface area (Å²) in [6.07, 6.45) is 6.95. The molecule has 0 spiro atoms. The molecular formula is C13H26BrN. The largest absolute Gasteiger partial charge is 0.303 e. The van der Waals surface area contributed by atoms with E-state index in [1.54, 1.807) is 0 Å². The molecule has 2 atom stereocenters. The van der Waals surface area contributed by atoms with Crippen molar-refractivity contribution in [1.82, 2.24) is 4.90 Å². The average molecular weight is 276 g/mol. The predicted molar refractivity (Wildman–Crippen MR) is 71.6 cm³/mol. The average Bonchev–Trinajstić information content (AvgIpc) is 2.27. The Bertz CT molecular complexity index is 161. The van der Waals surface area contributed by atoms with E-state index in [9.17, 15) is 0 Å². The van der Waals surface area contributed by atoms with Crippen molar-refractivity contribution in [3.63, 3.8) is 0 Å². The molecule has 0 bridgehead atoms. The van der Waals surface area contributed by atoms with E-state index in [0.717, 1.165) is 17.2 Å². The van der Waals surface area contributed by atoms with Crippen molar-refractivity contribution in [2.45, 2.75) is 46.0 Å². The molecule has 0 aromatic heterocycles. The molecule has 0 aromatic rings. The molecule has 2 unspecified atom stereocenters. The van der Waals surface area contributed by atoms with E-state index in [4.69, 9.17) is 0 Å². The number of alkyl halides is 1. The van der Waals surface area contributed by atoms with Gasteiger partial charge in [0.05, 0.1) is 0 Å². The molecule has 2 heteroatoms. The maximum absolute atomic E-state index is 3.52. The van der Waals surface area contributed by atoms with E-state index in [0.29, 0.717) is 0 Å². The first-order valence-corrected chi connectivity index (χ1v) is 7.66. The van der Waals surface area contributed by atoms with Gasteiger partial charge in [-0.3, -0.25) is 0 Å². The Balaban J connectivity index is 2.14. The maximum atomic E-state index is 3.52. The smallest absolute Gasteiger partial charge is 0.00338 e. The van der Waals surface area contributed by atoms with Gasteiger partial charge in [0, 0.05) is 11.9 Å². The Labute approximate surface area is 104 Å². The van der Waals surface area contributed by atoms with Gasteiger partial charge in [-0.05, 0) is 50.6 Å². The first kappa shape index (κ1) is 13.5. The molecule has 1 aliphatic rings. The Morgan fingerprint density at radius 1 is 1.40 bits per heavy atom. The molecule has 0 aliphatic carbocycles. The normalized spacial score (nSPS) is 25.4. The van der Waals surface area contributed by atoms with Crippen LogP contribution in [0.1, 0.15) is 46.0 Å². The second-order valence-electron chi connectivity index (χ2n) is 5.09. The molecule has 90 valence electrons. The lowest BCUT2D eigenvalue weighted by atomic mass is 9.95. The van der Waals surface area contributed by atoms with Crippen LogP contribution in [0.2, 0.25) is 0 Å². The number of likely N-dealkylation sites (tertiary alicyclic amines) is 1. The molecule has 1 nitrogen and oxygen atoms in total. The van der Waals surface area contributed by atoms with Crippen molar-refractivity contribution >= 4 is 15.9 Å². The molecule has 1 saturated heterocycles. The third-order valence-electron chi connectivity index (χ3n) is 3.72. The van der Waals surface area contributed by atoms with Crippen LogP contribution in [-0.4, -0.2) is 29.9 Å². The van der Waals surface area contributed by atoms with Gasteiger partial charge < -0.3 is 4.90 Å². The third-order valence-corrected chi connectivity index (χ3v) is 4.18. The van der Waals surface area contributed by atoms with E-state index in [1.165, 1.54) is 51.7 Å². The van der Waals surface area contributed by atoms with Crippen molar-refractivity contribution in [2.24, 2.45) is 11.8 Å². The highest BCUT2D eigenvalue weighted by Crippen LogP contribution is 2.20. The van der Waals surface area contributed by atoms with Crippen molar-refractivity contribution in [1.29, 1.82) is 0 Å². The van der Waals surface area contributed by atoms with Crippen molar-refractivity contribution in [3.8, 4) is 0 Å². The van der Waals surface area contributed by atoms with Gasteiger partial charge >= 0.3 is 0 Å². The molecule has 1 heterocycles. The van der Waals surface area contributed by atoms with Gasteiger partial charge in [0.25, 0.3) is 0 Å². The number of halogens is 1. The first-order valence-electron chi connectivity index (χ1n) is 6.54. The molecule has 1 aliphatic heterocycles. The Morgan fingerprint density at radius 2 is 2.20 bits per heavy atom. The molecule has 0 N–H and O–H groups in total. The van der Waals surface area contributed by atoms with E-state index in [-0.39, 0.29) is 0 Å². The Kier molecular flexibility index (Phi) is 6.91. The summed E-state index contributed by atoms with van der Waals surface area (Å²) >= 11 is 3.52. The summed E-state index contributed by atoms with van der Waals surface area (Å²) in [6.45, 7) is 8.74. The van der Waals surface area contributed by atoms with Crippen LogP contribution < -0.4 is 0 Å². The lowest BCUT2D eigenvalue weighted by Gasteiger charge is -2.32. The van der Waals surface area contributed by atoms with Crippen LogP contribution >= 0.6 is 15.9 Å². The van der Waals surface area contributed by atoms with Crippen LogP contribution in [0, 0.1) is 11.8 Å². The fourth-order valence-corrected chi connectivity index (χ4v) is 3.20. The van der Waals surface area contributed by atoms with Gasteiger partial charge in [-0.1, -0.05) is 36.2 Å². The molecule has 0 saturated carbocycles. The standard InChI is InChI=1S/C13H26BrN/c1-3-13-5-4-9-15(11-13)10-7-12(2)6-8-14/h12-13H,3-11H2,1-2H3. The van der Waals surface area contributed by atoms with Crippen LogP contribution in [0.25, 0.3) is 0 Å². The molecule has 0 radical (unpaired) electrons. The zero-order valence-corrected chi connectivity index (χ0v) is 11.9. The Hall–Kier alpha value is 0.440. The summed E-state index contributed by atoms with van der Waals surface area (Å²) in [7, 11) is 0. The zero-order valence-electron chi connectivity index (χ0n) is 10.3. The number of rotatable bonds is 6. The summed E-state index contributed by atoms with van der Waals surface area (Å²) in [4.78, 5) is 2.68. The van der Waals surface area contributed by atoms with Crippen molar-refractivity contribution in [3.05, 3.63) is 0 Å². The summed E-state index contributed by atoms with van der Waals surface area (Å²) in [5.41, 5.74) is 0. The second-order valence-corrected chi connectivity index (χ2v) is 5.88. The van der Waals surface area contributed by atoms with E-state index >= 15 is 0 Å². The fourth-order valence-electron chi connectivity index (χ4n) is 2.42. The van der Waals surface area contributed by atoms with E-state index < -0.39 is 0 Å². The van der Waals surface area contributed by atoms with Crippen LogP contribution in [0.15, 0.2) is 0 Å². The number of hydrogen-bond acceptors (Lipinski definition) is 1. The molecule has 0 amide bonds. The quantitative estimate of drug-likeness (QED) is 0.665. The first-order chi connectivity index (χ1) is 7.26. The fraction of sp³-hybridized carbons (Fsp3) is 1.00. The Morgan fingerprint density at radius 3 is 2.87 bits per heavy atom. The minimum Gasteiger partial charge on any atom is -0.303 e. The third kappa shape index (κ3) is 5.35. The van der Waals surface area contributed by atoms with Gasteiger partial charge in [-0.25, -0.2) is 0 Å². The van der Waals surface area contributed by atoms with Crippen LogP contribution in [0.3, 0.4) is 0 Å². The van der Waals surface area contributed by atoms with Gasteiger partial charge in [0.15, 0.2) is 0 Å². The predicted octanol–water partition coefficient (Wildman–Crippen LogP) is 3.92. The molecule has 1 fully saturated rings. The number of piperidine rings is 1. The summed E-state index contributed by atoms with van der Waals surface area (Å²) in [5, 5.41) is 1.16. The summed E-state index contributed by atoms with van der Waals surface area (Å²) in [5.74, 6) is 1.86. The highest BCUT2D eigenvalue weighted by molar-refractivity contribution is 9.09. The van der Waals surface area contributed by atoms with Crippen molar-refractivity contribution in [2.75, 3.05) is 25.0 Å². The summed E-state index contributed by atoms with van der Waals surface area (Å²) < 4.78 is 0. The highest BCUT2D eigenvalue weighted by Gasteiger charge is 2.18. The number of nitrogens with zero attached hydrogens (tertiary/aromatic N) is 1.